The molecule has 2 aromatic heterocycles. The second kappa shape index (κ2) is 6.17. The van der Waals surface area contributed by atoms with Crippen LogP contribution in [0, 0.1) is 0 Å². The SMILES string of the molecule is CN(C)S(=O)(=O)c1ccc(CNCc2ccccn2)o1. The predicted octanol–water partition coefficient (Wildman–Crippen LogP) is 1.21. The molecular weight excluding hydrogens is 278 g/mol. The van der Waals surface area contributed by atoms with Gasteiger partial charge in [-0.25, -0.2) is 12.7 Å². The molecule has 1 N–H and O–H groups in total. The Morgan fingerprint density at radius 2 is 2.00 bits per heavy atom. The van der Waals surface area contributed by atoms with Gasteiger partial charge in [-0.05, 0) is 24.3 Å². The Bertz CT molecular complexity index is 651. The van der Waals surface area contributed by atoms with Gasteiger partial charge in [0.25, 0.3) is 10.0 Å². The molecular formula is C13H17N3O3S. The van der Waals surface area contributed by atoms with Crippen LogP contribution in [0.4, 0.5) is 0 Å². The van der Waals surface area contributed by atoms with Crippen molar-refractivity contribution < 1.29 is 12.8 Å². The van der Waals surface area contributed by atoms with Crippen LogP contribution in [-0.4, -0.2) is 31.8 Å². The normalized spacial score (nSPS) is 11.9. The summed E-state index contributed by atoms with van der Waals surface area (Å²) in [5.41, 5.74) is 0.917. The number of furan rings is 1. The van der Waals surface area contributed by atoms with E-state index in [4.69, 9.17) is 4.42 Å². The number of sulfonamides is 1. The predicted molar refractivity (Wildman–Crippen MR) is 74.4 cm³/mol. The van der Waals surface area contributed by atoms with Crippen LogP contribution >= 0.6 is 0 Å². The molecule has 6 nitrogen and oxygen atoms in total. The fraction of sp³-hybridized carbons (Fsp3) is 0.308. The summed E-state index contributed by atoms with van der Waals surface area (Å²) in [5.74, 6) is 0.571. The Balaban J connectivity index is 1.94. The molecule has 0 atom stereocenters. The minimum Gasteiger partial charge on any atom is -0.447 e. The van der Waals surface area contributed by atoms with Crippen molar-refractivity contribution in [3.8, 4) is 0 Å². The molecule has 0 aliphatic heterocycles. The first-order valence-corrected chi connectivity index (χ1v) is 7.56. The van der Waals surface area contributed by atoms with Gasteiger partial charge < -0.3 is 9.73 Å². The molecule has 0 fully saturated rings. The fourth-order valence-electron chi connectivity index (χ4n) is 1.59. The van der Waals surface area contributed by atoms with E-state index in [2.05, 4.69) is 10.3 Å². The van der Waals surface area contributed by atoms with Gasteiger partial charge in [-0.2, -0.15) is 0 Å². The minimum absolute atomic E-state index is 0.0443. The van der Waals surface area contributed by atoms with Crippen LogP contribution in [0.1, 0.15) is 11.5 Å². The molecule has 0 aliphatic rings. The number of hydrogen-bond acceptors (Lipinski definition) is 5. The summed E-state index contributed by atoms with van der Waals surface area (Å²) < 4.78 is 30.1. The van der Waals surface area contributed by atoms with Crippen LogP contribution < -0.4 is 5.32 Å². The Morgan fingerprint density at radius 3 is 2.65 bits per heavy atom. The lowest BCUT2D eigenvalue weighted by molar-refractivity contribution is 0.388. The third-order valence-electron chi connectivity index (χ3n) is 2.70. The summed E-state index contributed by atoms with van der Waals surface area (Å²) in [5, 5.41) is 3.10. The van der Waals surface area contributed by atoms with Crippen molar-refractivity contribution in [1.82, 2.24) is 14.6 Å². The summed E-state index contributed by atoms with van der Waals surface area (Å²) in [6, 6.07) is 8.80. The van der Waals surface area contributed by atoms with Gasteiger partial charge in [0, 0.05) is 26.8 Å². The first-order chi connectivity index (χ1) is 9.50. The quantitative estimate of drug-likeness (QED) is 0.867. The van der Waals surface area contributed by atoms with Crippen LogP contribution in [0.2, 0.25) is 0 Å². The van der Waals surface area contributed by atoms with Gasteiger partial charge >= 0.3 is 0 Å². The molecule has 2 rings (SSSR count). The van der Waals surface area contributed by atoms with Crippen LogP contribution in [-0.2, 0) is 23.1 Å². The molecule has 0 spiro atoms. The zero-order valence-corrected chi connectivity index (χ0v) is 12.2. The molecule has 0 bridgehead atoms. The number of rotatable bonds is 6. The first-order valence-electron chi connectivity index (χ1n) is 6.12. The average Bonchev–Trinajstić information content (AvgIpc) is 2.89. The van der Waals surface area contributed by atoms with E-state index >= 15 is 0 Å². The van der Waals surface area contributed by atoms with E-state index in [1.54, 1.807) is 12.3 Å². The van der Waals surface area contributed by atoms with Crippen LogP contribution in [0.25, 0.3) is 0 Å². The summed E-state index contributed by atoms with van der Waals surface area (Å²) in [7, 11) is -0.569. The molecule has 2 heterocycles. The molecule has 108 valence electrons. The van der Waals surface area contributed by atoms with Gasteiger partial charge in [0.15, 0.2) is 0 Å². The Kier molecular flexibility index (Phi) is 4.53. The average molecular weight is 295 g/mol. The highest BCUT2D eigenvalue weighted by Gasteiger charge is 2.21. The topological polar surface area (TPSA) is 75.4 Å². The number of aromatic nitrogens is 1. The molecule has 7 heteroatoms. The lowest BCUT2D eigenvalue weighted by atomic mass is 10.3. The van der Waals surface area contributed by atoms with Gasteiger partial charge in [-0.1, -0.05) is 6.07 Å². The maximum absolute atomic E-state index is 11.8. The van der Waals surface area contributed by atoms with E-state index in [0.29, 0.717) is 18.8 Å². The highest BCUT2D eigenvalue weighted by atomic mass is 32.2. The van der Waals surface area contributed by atoms with Crippen molar-refractivity contribution in [1.29, 1.82) is 0 Å². The monoisotopic (exact) mass is 295 g/mol. The van der Waals surface area contributed by atoms with Crippen molar-refractivity contribution in [3.05, 3.63) is 48.0 Å². The van der Waals surface area contributed by atoms with E-state index < -0.39 is 10.0 Å². The van der Waals surface area contributed by atoms with Crippen molar-refractivity contribution in [2.45, 2.75) is 18.2 Å². The van der Waals surface area contributed by atoms with E-state index in [9.17, 15) is 8.42 Å². The van der Waals surface area contributed by atoms with E-state index in [1.807, 2.05) is 18.2 Å². The Hall–Kier alpha value is -1.70. The number of nitrogens with one attached hydrogen (secondary N) is 1. The molecule has 2 aromatic rings. The Morgan fingerprint density at radius 1 is 1.20 bits per heavy atom. The van der Waals surface area contributed by atoms with Crippen molar-refractivity contribution in [3.63, 3.8) is 0 Å². The molecule has 0 aliphatic carbocycles. The third-order valence-corrected chi connectivity index (χ3v) is 4.39. The van der Waals surface area contributed by atoms with Crippen LogP contribution in [0.15, 0.2) is 46.0 Å². The zero-order valence-electron chi connectivity index (χ0n) is 11.4. The lowest BCUT2D eigenvalue weighted by Gasteiger charge is -2.07. The molecule has 0 unspecified atom stereocenters. The summed E-state index contributed by atoms with van der Waals surface area (Å²) in [6.07, 6.45) is 1.73. The van der Waals surface area contributed by atoms with Crippen LogP contribution in [0.5, 0.6) is 0 Å². The maximum Gasteiger partial charge on any atom is 0.275 e. The van der Waals surface area contributed by atoms with E-state index in [-0.39, 0.29) is 5.09 Å². The van der Waals surface area contributed by atoms with E-state index in [1.165, 1.54) is 20.2 Å². The summed E-state index contributed by atoms with van der Waals surface area (Å²) in [6.45, 7) is 1.04. The van der Waals surface area contributed by atoms with Crippen LogP contribution in [0.3, 0.4) is 0 Å². The first kappa shape index (κ1) is 14.7. The van der Waals surface area contributed by atoms with E-state index in [0.717, 1.165) is 10.00 Å². The second-order valence-corrected chi connectivity index (χ2v) is 6.52. The van der Waals surface area contributed by atoms with Crippen molar-refractivity contribution >= 4 is 10.0 Å². The smallest absolute Gasteiger partial charge is 0.275 e. The van der Waals surface area contributed by atoms with Gasteiger partial charge in [0.05, 0.1) is 12.2 Å². The fourth-order valence-corrected chi connectivity index (χ4v) is 2.40. The summed E-state index contributed by atoms with van der Waals surface area (Å²) in [4.78, 5) is 4.18. The number of pyridine rings is 1. The highest BCUT2D eigenvalue weighted by molar-refractivity contribution is 7.88. The maximum atomic E-state index is 11.8. The van der Waals surface area contributed by atoms with Gasteiger partial charge in [0.1, 0.15) is 5.76 Å². The van der Waals surface area contributed by atoms with Gasteiger partial charge in [0.2, 0.25) is 5.09 Å². The number of nitrogens with zero attached hydrogens (tertiary/aromatic N) is 2. The third kappa shape index (κ3) is 3.44. The molecule has 0 aromatic carbocycles. The zero-order chi connectivity index (χ0) is 14.6. The van der Waals surface area contributed by atoms with Gasteiger partial charge in [-0.3, -0.25) is 4.98 Å². The van der Waals surface area contributed by atoms with Gasteiger partial charge in [-0.15, -0.1) is 0 Å². The second-order valence-electron chi connectivity index (χ2n) is 4.43. The highest BCUT2D eigenvalue weighted by Crippen LogP contribution is 2.16. The van der Waals surface area contributed by atoms with Crippen molar-refractivity contribution in [2.75, 3.05) is 14.1 Å². The molecule has 0 saturated heterocycles. The Labute approximate surface area is 118 Å². The molecule has 0 saturated carbocycles. The minimum atomic E-state index is -3.51. The number of hydrogen-bond donors (Lipinski definition) is 1. The lowest BCUT2D eigenvalue weighted by Crippen LogP contribution is -2.21. The standard InChI is InChI=1S/C13H17N3O3S/c1-16(2)20(17,18)13-7-6-12(19-13)10-14-9-11-5-3-4-8-15-11/h3-8,14H,9-10H2,1-2H3. The largest absolute Gasteiger partial charge is 0.447 e. The van der Waals surface area contributed by atoms with Crippen molar-refractivity contribution in [2.24, 2.45) is 0 Å². The molecule has 20 heavy (non-hydrogen) atoms. The molecule has 0 amide bonds. The molecule has 0 radical (unpaired) electrons. The summed E-state index contributed by atoms with van der Waals surface area (Å²) >= 11 is 0.